The van der Waals surface area contributed by atoms with Crippen molar-refractivity contribution >= 4 is 16.9 Å². The fourth-order valence-corrected chi connectivity index (χ4v) is 4.29. The summed E-state index contributed by atoms with van der Waals surface area (Å²) in [7, 11) is 1.67. The molecule has 4 heterocycles. The monoisotopic (exact) mass is 407 g/mol. The molecule has 0 unspecified atom stereocenters. The zero-order valence-corrected chi connectivity index (χ0v) is 17.5. The summed E-state index contributed by atoms with van der Waals surface area (Å²) in [5.74, 6) is 0.665. The van der Waals surface area contributed by atoms with Crippen molar-refractivity contribution in [3.8, 4) is 0 Å². The minimum atomic E-state index is -0.365. The van der Waals surface area contributed by atoms with E-state index in [1.165, 1.54) is 9.13 Å². The van der Waals surface area contributed by atoms with E-state index >= 15 is 0 Å². The number of aromatic nitrogens is 5. The lowest BCUT2D eigenvalue weighted by Gasteiger charge is -2.11. The van der Waals surface area contributed by atoms with E-state index in [0.717, 1.165) is 36.3 Å². The van der Waals surface area contributed by atoms with Crippen LogP contribution in [0.5, 0.6) is 0 Å². The number of hydrogen-bond donors (Lipinski definition) is 0. The normalized spacial score (nSPS) is 16.8. The average molecular weight is 407 g/mol. The lowest BCUT2D eigenvalue weighted by Crippen LogP contribution is -2.39. The third-order valence-corrected chi connectivity index (χ3v) is 6.01. The van der Waals surface area contributed by atoms with Gasteiger partial charge in [0.15, 0.2) is 11.2 Å². The molecular weight excluding hydrogens is 382 g/mol. The summed E-state index contributed by atoms with van der Waals surface area (Å²) in [6.07, 6.45) is 4.16. The minimum Gasteiger partial charge on any atom is -0.376 e. The molecule has 1 saturated heterocycles. The Morgan fingerprint density at radius 2 is 1.90 bits per heavy atom. The van der Waals surface area contributed by atoms with E-state index in [1.807, 2.05) is 48.7 Å². The van der Waals surface area contributed by atoms with Crippen molar-refractivity contribution in [2.24, 2.45) is 7.05 Å². The lowest BCUT2D eigenvalue weighted by molar-refractivity contribution is 0.0974. The molecule has 1 aromatic carbocycles. The van der Waals surface area contributed by atoms with Gasteiger partial charge in [0.25, 0.3) is 5.56 Å². The fourth-order valence-electron chi connectivity index (χ4n) is 4.29. The quantitative estimate of drug-likeness (QED) is 0.519. The van der Waals surface area contributed by atoms with E-state index < -0.39 is 0 Å². The molecule has 0 amide bonds. The summed E-state index contributed by atoms with van der Waals surface area (Å²) >= 11 is 0. The van der Waals surface area contributed by atoms with E-state index in [9.17, 15) is 9.59 Å². The summed E-state index contributed by atoms with van der Waals surface area (Å²) in [4.78, 5) is 31.0. The minimum absolute atomic E-state index is 0.154. The first-order chi connectivity index (χ1) is 14.4. The first-order valence-electron chi connectivity index (χ1n) is 10.3. The first-order valence-corrected chi connectivity index (χ1v) is 10.3. The SMILES string of the molecule is Cc1ccc(Cn2c(=O)c3c(nc4n(C[C@H]5CCCO5)c(C)cn34)n(C)c2=O)cc1. The average Bonchev–Trinajstić information content (AvgIpc) is 3.43. The van der Waals surface area contributed by atoms with E-state index in [1.54, 1.807) is 7.05 Å². The van der Waals surface area contributed by atoms with Gasteiger partial charge in [-0.3, -0.25) is 18.3 Å². The number of benzene rings is 1. The molecule has 0 bridgehead atoms. The van der Waals surface area contributed by atoms with Crippen molar-refractivity contribution in [3.63, 3.8) is 0 Å². The van der Waals surface area contributed by atoms with Gasteiger partial charge in [-0.1, -0.05) is 29.8 Å². The summed E-state index contributed by atoms with van der Waals surface area (Å²) in [5, 5.41) is 0. The van der Waals surface area contributed by atoms with Crippen LogP contribution in [0, 0.1) is 13.8 Å². The van der Waals surface area contributed by atoms with E-state index in [-0.39, 0.29) is 23.9 Å². The van der Waals surface area contributed by atoms with Crippen LogP contribution in [0.2, 0.25) is 0 Å². The van der Waals surface area contributed by atoms with Crippen molar-refractivity contribution < 1.29 is 4.74 Å². The van der Waals surface area contributed by atoms with Gasteiger partial charge in [0.2, 0.25) is 5.78 Å². The summed E-state index contributed by atoms with van der Waals surface area (Å²) < 4.78 is 12.4. The standard InChI is InChI=1S/C22H25N5O3/c1-14-6-8-16(9-7-14)12-27-20(28)18-19(24(3)22(27)29)23-21-25(15(2)11-26(18)21)13-17-5-4-10-30-17/h6-9,11,17H,4-5,10,12-13H2,1-3H3/t17-/m1/s1. The highest BCUT2D eigenvalue weighted by atomic mass is 16.5. The highest BCUT2D eigenvalue weighted by Gasteiger charge is 2.23. The lowest BCUT2D eigenvalue weighted by atomic mass is 10.1. The molecule has 30 heavy (non-hydrogen) atoms. The Morgan fingerprint density at radius 1 is 1.13 bits per heavy atom. The predicted molar refractivity (Wildman–Crippen MR) is 114 cm³/mol. The van der Waals surface area contributed by atoms with Crippen LogP contribution >= 0.6 is 0 Å². The topological polar surface area (TPSA) is 75.5 Å². The van der Waals surface area contributed by atoms with Gasteiger partial charge >= 0.3 is 5.69 Å². The van der Waals surface area contributed by atoms with Gasteiger partial charge < -0.3 is 9.30 Å². The molecule has 0 spiro atoms. The molecule has 1 aliphatic rings. The summed E-state index contributed by atoms with van der Waals surface area (Å²) in [6.45, 7) is 5.72. The number of nitrogens with zero attached hydrogens (tertiary/aromatic N) is 5. The Hall–Kier alpha value is -3.13. The van der Waals surface area contributed by atoms with Gasteiger partial charge in [-0.05, 0) is 32.3 Å². The molecular formula is C22H25N5O3. The summed E-state index contributed by atoms with van der Waals surface area (Å²) in [6, 6.07) is 7.85. The molecule has 3 aromatic heterocycles. The molecule has 8 nitrogen and oxygen atoms in total. The maximum absolute atomic E-state index is 13.4. The smallest absolute Gasteiger partial charge is 0.332 e. The zero-order chi connectivity index (χ0) is 21.0. The Balaban J connectivity index is 1.68. The Morgan fingerprint density at radius 3 is 2.60 bits per heavy atom. The van der Waals surface area contributed by atoms with Crippen LogP contribution in [0.15, 0.2) is 40.1 Å². The molecule has 0 aliphatic carbocycles. The van der Waals surface area contributed by atoms with Crippen molar-refractivity contribution in [3.05, 3.63) is 68.1 Å². The van der Waals surface area contributed by atoms with Crippen molar-refractivity contribution in [2.45, 2.75) is 45.9 Å². The van der Waals surface area contributed by atoms with E-state index in [2.05, 4.69) is 9.55 Å². The van der Waals surface area contributed by atoms with Crippen LogP contribution in [0.4, 0.5) is 0 Å². The summed E-state index contributed by atoms with van der Waals surface area (Å²) in [5.41, 5.74) is 3.19. The van der Waals surface area contributed by atoms with Gasteiger partial charge in [0, 0.05) is 25.5 Å². The zero-order valence-electron chi connectivity index (χ0n) is 17.5. The van der Waals surface area contributed by atoms with Crippen molar-refractivity contribution in [2.75, 3.05) is 6.61 Å². The second-order valence-corrected chi connectivity index (χ2v) is 8.19. The third kappa shape index (κ3) is 2.90. The van der Waals surface area contributed by atoms with E-state index in [4.69, 9.17) is 4.74 Å². The molecule has 156 valence electrons. The second-order valence-electron chi connectivity index (χ2n) is 8.19. The number of rotatable bonds is 4. The van der Waals surface area contributed by atoms with Crippen LogP contribution in [0.3, 0.4) is 0 Å². The third-order valence-electron chi connectivity index (χ3n) is 6.01. The second kappa shape index (κ2) is 6.98. The van der Waals surface area contributed by atoms with Crippen LogP contribution < -0.4 is 11.2 Å². The van der Waals surface area contributed by atoms with Crippen molar-refractivity contribution in [1.82, 2.24) is 23.1 Å². The van der Waals surface area contributed by atoms with E-state index in [0.29, 0.717) is 23.5 Å². The van der Waals surface area contributed by atoms with Crippen molar-refractivity contribution in [1.29, 1.82) is 0 Å². The number of ether oxygens (including phenoxy) is 1. The fraction of sp³-hybridized carbons (Fsp3) is 0.409. The van der Waals surface area contributed by atoms with Crippen LogP contribution in [0.25, 0.3) is 16.9 Å². The van der Waals surface area contributed by atoms with Gasteiger partial charge in [-0.2, -0.15) is 4.98 Å². The van der Waals surface area contributed by atoms with Crippen LogP contribution in [-0.4, -0.2) is 35.8 Å². The Bertz CT molecular complexity index is 1360. The van der Waals surface area contributed by atoms with Gasteiger partial charge in [-0.25, -0.2) is 4.79 Å². The van der Waals surface area contributed by atoms with Gasteiger partial charge in [0.1, 0.15) is 0 Å². The Kier molecular flexibility index (Phi) is 4.39. The Labute approximate surface area is 173 Å². The molecule has 1 fully saturated rings. The molecule has 8 heteroatoms. The number of hydrogen-bond acceptors (Lipinski definition) is 4. The highest BCUT2D eigenvalue weighted by molar-refractivity contribution is 5.75. The molecule has 5 rings (SSSR count). The number of fused-ring (bicyclic) bond motifs is 3. The van der Waals surface area contributed by atoms with Crippen LogP contribution in [0.1, 0.15) is 29.7 Å². The maximum Gasteiger partial charge on any atom is 0.332 e. The molecule has 1 aliphatic heterocycles. The number of aryl methyl sites for hydroxylation is 3. The maximum atomic E-state index is 13.4. The number of imidazole rings is 2. The largest absolute Gasteiger partial charge is 0.376 e. The molecule has 1 atom stereocenters. The molecule has 0 radical (unpaired) electrons. The predicted octanol–water partition coefficient (Wildman–Crippen LogP) is 1.99. The first kappa shape index (κ1) is 18.9. The molecule has 4 aromatic rings. The molecule has 0 saturated carbocycles. The van der Waals surface area contributed by atoms with Gasteiger partial charge in [0.05, 0.1) is 19.2 Å². The highest BCUT2D eigenvalue weighted by Crippen LogP contribution is 2.20. The molecule has 0 N–H and O–H groups in total. The van der Waals surface area contributed by atoms with Gasteiger partial charge in [-0.15, -0.1) is 0 Å². The van der Waals surface area contributed by atoms with Crippen LogP contribution in [-0.2, 0) is 24.9 Å².